The maximum Gasteiger partial charge on any atom is 0.293 e. The van der Waals surface area contributed by atoms with Crippen molar-refractivity contribution in [2.75, 3.05) is 19.7 Å². The van der Waals surface area contributed by atoms with Crippen LogP contribution in [0.2, 0.25) is 0 Å². The third-order valence-electron chi connectivity index (χ3n) is 4.42. The number of aromatic nitrogens is 5. The van der Waals surface area contributed by atoms with Crippen molar-refractivity contribution in [2.45, 2.75) is 18.8 Å². The van der Waals surface area contributed by atoms with Crippen LogP contribution in [0.5, 0.6) is 0 Å². The lowest BCUT2D eigenvalue weighted by Crippen LogP contribution is -2.29. The van der Waals surface area contributed by atoms with E-state index in [1.54, 1.807) is 23.5 Å². The van der Waals surface area contributed by atoms with Gasteiger partial charge in [0.05, 0.1) is 0 Å². The number of pyridine rings is 1. The van der Waals surface area contributed by atoms with Crippen molar-refractivity contribution < 1.29 is 9.90 Å². The molecule has 1 atom stereocenters. The number of carbonyl (C=O) groups excluding carboxylic acids is 1. The summed E-state index contributed by atoms with van der Waals surface area (Å²) in [7, 11) is 0. The molecule has 25 heavy (non-hydrogen) atoms. The molecule has 1 N–H and O–H groups in total. The number of carbonyl (C=O) groups is 1. The van der Waals surface area contributed by atoms with Gasteiger partial charge in [0.25, 0.3) is 11.7 Å². The van der Waals surface area contributed by atoms with Crippen LogP contribution in [-0.2, 0) is 6.42 Å². The second kappa shape index (κ2) is 6.56. The maximum atomic E-state index is 12.7. The fourth-order valence-electron chi connectivity index (χ4n) is 3.11. The molecule has 3 aromatic rings. The summed E-state index contributed by atoms with van der Waals surface area (Å²) in [6.07, 6.45) is 6.53. The standard InChI is InChI=1S/C17H18N6O2/c24-8-5-12-9-19-17-20-15(21-23(17)10-12)16(25)22-7-4-13(11-22)14-3-1-2-6-18-14/h1-3,6,9-10,13,24H,4-5,7-8,11H2. The summed E-state index contributed by atoms with van der Waals surface area (Å²) >= 11 is 0. The lowest BCUT2D eigenvalue weighted by Gasteiger charge is -2.14. The fraction of sp³-hybridized carbons (Fsp3) is 0.353. The van der Waals surface area contributed by atoms with Gasteiger partial charge in [-0.3, -0.25) is 9.78 Å². The Morgan fingerprint density at radius 1 is 1.32 bits per heavy atom. The highest BCUT2D eigenvalue weighted by Crippen LogP contribution is 2.26. The van der Waals surface area contributed by atoms with Gasteiger partial charge >= 0.3 is 0 Å². The molecule has 4 heterocycles. The Kier molecular flexibility index (Phi) is 4.10. The van der Waals surface area contributed by atoms with E-state index in [1.807, 2.05) is 18.2 Å². The van der Waals surface area contributed by atoms with Crippen LogP contribution in [0.25, 0.3) is 5.78 Å². The molecule has 0 saturated carbocycles. The van der Waals surface area contributed by atoms with Crippen molar-refractivity contribution in [3.8, 4) is 0 Å². The summed E-state index contributed by atoms with van der Waals surface area (Å²) in [5.41, 5.74) is 1.85. The highest BCUT2D eigenvalue weighted by molar-refractivity contribution is 5.91. The Hall–Kier alpha value is -2.87. The van der Waals surface area contributed by atoms with Crippen LogP contribution >= 0.6 is 0 Å². The SMILES string of the molecule is O=C(c1nc2ncc(CCO)cn2n1)N1CCC(c2ccccn2)C1. The quantitative estimate of drug-likeness (QED) is 0.751. The van der Waals surface area contributed by atoms with E-state index in [0.29, 0.717) is 25.3 Å². The van der Waals surface area contributed by atoms with Crippen LogP contribution in [-0.4, -0.2) is 60.2 Å². The Morgan fingerprint density at radius 2 is 2.24 bits per heavy atom. The van der Waals surface area contributed by atoms with Crippen LogP contribution in [0.3, 0.4) is 0 Å². The Morgan fingerprint density at radius 3 is 3.04 bits per heavy atom. The number of nitrogens with zero attached hydrogens (tertiary/aromatic N) is 6. The maximum absolute atomic E-state index is 12.7. The van der Waals surface area contributed by atoms with Gasteiger partial charge < -0.3 is 10.0 Å². The Labute approximate surface area is 144 Å². The van der Waals surface area contributed by atoms with Gasteiger partial charge in [0, 0.05) is 49.9 Å². The Bertz CT molecular complexity index is 895. The molecule has 1 amide bonds. The first-order valence-electron chi connectivity index (χ1n) is 8.27. The van der Waals surface area contributed by atoms with Gasteiger partial charge in [-0.1, -0.05) is 6.07 Å². The van der Waals surface area contributed by atoms with E-state index in [-0.39, 0.29) is 24.3 Å². The predicted molar refractivity (Wildman–Crippen MR) is 89.1 cm³/mol. The van der Waals surface area contributed by atoms with Gasteiger partial charge in [0.15, 0.2) is 0 Å². The van der Waals surface area contributed by atoms with Crippen molar-refractivity contribution >= 4 is 11.7 Å². The lowest BCUT2D eigenvalue weighted by atomic mass is 10.0. The number of hydrogen-bond donors (Lipinski definition) is 1. The van der Waals surface area contributed by atoms with Gasteiger partial charge in [-0.15, -0.1) is 5.10 Å². The lowest BCUT2D eigenvalue weighted by molar-refractivity contribution is 0.0779. The van der Waals surface area contributed by atoms with Gasteiger partial charge in [-0.2, -0.15) is 4.98 Å². The zero-order chi connectivity index (χ0) is 17.2. The van der Waals surface area contributed by atoms with E-state index in [0.717, 1.165) is 17.7 Å². The first-order valence-corrected chi connectivity index (χ1v) is 8.27. The number of hydrogen-bond acceptors (Lipinski definition) is 6. The van der Waals surface area contributed by atoms with Crippen LogP contribution in [0.1, 0.15) is 34.2 Å². The van der Waals surface area contributed by atoms with Gasteiger partial charge in [0.2, 0.25) is 5.82 Å². The molecule has 8 heteroatoms. The minimum atomic E-state index is -0.187. The van der Waals surface area contributed by atoms with E-state index < -0.39 is 0 Å². The molecule has 0 radical (unpaired) electrons. The van der Waals surface area contributed by atoms with Crippen molar-refractivity contribution in [3.63, 3.8) is 0 Å². The fourth-order valence-corrected chi connectivity index (χ4v) is 3.11. The van der Waals surface area contributed by atoms with E-state index in [1.165, 1.54) is 4.52 Å². The molecule has 1 saturated heterocycles. The minimum absolute atomic E-state index is 0.0381. The number of aliphatic hydroxyl groups is 1. The van der Waals surface area contributed by atoms with Crippen LogP contribution < -0.4 is 0 Å². The average molecular weight is 338 g/mol. The van der Waals surface area contributed by atoms with E-state index >= 15 is 0 Å². The molecule has 0 aliphatic carbocycles. The second-order valence-corrected chi connectivity index (χ2v) is 6.11. The highest BCUT2D eigenvalue weighted by atomic mass is 16.3. The summed E-state index contributed by atoms with van der Waals surface area (Å²) in [4.78, 5) is 27.3. The topological polar surface area (TPSA) is 96.5 Å². The summed E-state index contributed by atoms with van der Waals surface area (Å²) in [5, 5.41) is 13.3. The second-order valence-electron chi connectivity index (χ2n) is 6.11. The molecular weight excluding hydrogens is 320 g/mol. The molecular formula is C17H18N6O2. The van der Waals surface area contributed by atoms with Crippen molar-refractivity contribution in [1.29, 1.82) is 0 Å². The van der Waals surface area contributed by atoms with E-state index in [9.17, 15) is 4.79 Å². The first-order chi connectivity index (χ1) is 12.2. The number of fused-ring (bicyclic) bond motifs is 1. The third kappa shape index (κ3) is 3.08. The van der Waals surface area contributed by atoms with Crippen molar-refractivity contribution in [1.82, 2.24) is 29.5 Å². The molecule has 0 aromatic carbocycles. The van der Waals surface area contributed by atoms with Gasteiger partial charge in [-0.25, -0.2) is 9.50 Å². The van der Waals surface area contributed by atoms with Gasteiger partial charge in [0.1, 0.15) is 0 Å². The first kappa shape index (κ1) is 15.6. The minimum Gasteiger partial charge on any atom is -0.396 e. The predicted octanol–water partition coefficient (Wildman–Crippen LogP) is 0.684. The molecule has 128 valence electrons. The molecule has 0 bridgehead atoms. The monoisotopic (exact) mass is 338 g/mol. The van der Waals surface area contributed by atoms with Crippen molar-refractivity contribution in [3.05, 3.63) is 53.9 Å². The number of amides is 1. The molecule has 1 fully saturated rings. The summed E-state index contributed by atoms with van der Waals surface area (Å²) in [6.45, 7) is 1.32. The molecule has 4 rings (SSSR count). The summed E-state index contributed by atoms with van der Waals surface area (Å²) in [5.74, 6) is 0.588. The Balaban J connectivity index is 1.52. The molecule has 3 aromatic heterocycles. The largest absolute Gasteiger partial charge is 0.396 e. The van der Waals surface area contributed by atoms with E-state index in [2.05, 4.69) is 20.1 Å². The molecule has 1 aliphatic rings. The van der Waals surface area contributed by atoms with Gasteiger partial charge in [-0.05, 0) is 30.5 Å². The van der Waals surface area contributed by atoms with Crippen LogP contribution in [0.15, 0.2) is 36.8 Å². The average Bonchev–Trinajstić information content (AvgIpc) is 3.29. The van der Waals surface area contributed by atoms with Crippen LogP contribution in [0.4, 0.5) is 0 Å². The number of aliphatic hydroxyl groups excluding tert-OH is 1. The summed E-state index contributed by atoms with van der Waals surface area (Å²) in [6, 6.07) is 5.85. The molecule has 1 unspecified atom stereocenters. The highest BCUT2D eigenvalue weighted by Gasteiger charge is 2.30. The molecule has 8 nitrogen and oxygen atoms in total. The summed E-state index contributed by atoms with van der Waals surface area (Å²) < 4.78 is 1.49. The van der Waals surface area contributed by atoms with Crippen LogP contribution in [0, 0.1) is 0 Å². The normalized spacial score (nSPS) is 17.3. The van der Waals surface area contributed by atoms with Crippen molar-refractivity contribution in [2.24, 2.45) is 0 Å². The molecule has 0 spiro atoms. The number of rotatable bonds is 4. The molecule has 1 aliphatic heterocycles. The zero-order valence-corrected chi connectivity index (χ0v) is 13.6. The van der Waals surface area contributed by atoms with E-state index in [4.69, 9.17) is 5.11 Å². The zero-order valence-electron chi connectivity index (χ0n) is 13.6. The number of likely N-dealkylation sites (tertiary alicyclic amines) is 1. The third-order valence-corrected chi connectivity index (χ3v) is 4.42. The smallest absolute Gasteiger partial charge is 0.293 e.